The molecule has 86 valence electrons. The van der Waals surface area contributed by atoms with Crippen LogP contribution in [0.25, 0.3) is 0 Å². The van der Waals surface area contributed by atoms with Gasteiger partial charge in [0.2, 0.25) is 0 Å². The Kier molecular flexibility index (Phi) is 4.57. The van der Waals surface area contributed by atoms with Gasteiger partial charge in [0.15, 0.2) is 0 Å². The fourth-order valence-electron chi connectivity index (χ4n) is 1.75. The van der Waals surface area contributed by atoms with E-state index in [-0.39, 0.29) is 6.04 Å². The molecule has 4 nitrogen and oxygen atoms in total. The molecular formula is C10H19ClN4. The molecule has 1 heterocycles. The fraction of sp³-hybridized carbons (Fsp3) is 0.700. The van der Waals surface area contributed by atoms with E-state index in [4.69, 9.17) is 17.3 Å². The minimum atomic E-state index is 0.119. The molecule has 0 bridgehead atoms. The summed E-state index contributed by atoms with van der Waals surface area (Å²) in [6, 6.07) is 0.119. The van der Waals surface area contributed by atoms with Gasteiger partial charge in [-0.25, -0.2) is 4.98 Å². The van der Waals surface area contributed by atoms with Crippen molar-refractivity contribution in [3.05, 3.63) is 17.2 Å². The number of likely N-dealkylation sites (N-methyl/N-ethyl adjacent to an activating group) is 1. The Hall–Kier alpha value is -0.580. The zero-order valence-corrected chi connectivity index (χ0v) is 10.3. The fourth-order valence-corrected chi connectivity index (χ4v) is 1.97. The highest BCUT2D eigenvalue weighted by atomic mass is 35.5. The van der Waals surface area contributed by atoms with Crippen molar-refractivity contribution in [1.82, 2.24) is 14.5 Å². The van der Waals surface area contributed by atoms with Crippen molar-refractivity contribution in [3.63, 3.8) is 0 Å². The summed E-state index contributed by atoms with van der Waals surface area (Å²) in [6.45, 7) is 6.67. The minimum Gasteiger partial charge on any atom is -0.329 e. The maximum atomic E-state index is 6.16. The second-order valence-corrected chi connectivity index (χ2v) is 3.86. The lowest BCUT2D eigenvalue weighted by Crippen LogP contribution is -2.34. The van der Waals surface area contributed by atoms with Gasteiger partial charge < -0.3 is 10.3 Å². The number of imidazole rings is 1. The molecule has 15 heavy (non-hydrogen) atoms. The van der Waals surface area contributed by atoms with Gasteiger partial charge in [-0.3, -0.25) is 4.90 Å². The number of aromatic nitrogens is 2. The monoisotopic (exact) mass is 230 g/mol. The molecule has 5 heteroatoms. The highest BCUT2D eigenvalue weighted by Gasteiger charge is 2.21. The quantitative estimate of drug-likeness (QED) is 0.832. The molecule has 1 atom stereocenters. The van der Waals surface area contributed by atoms with Gasteiger partial charge >= 0.3 is 0 Å². The Balaban J connectivity index is 2.96. The van der Waals surface area contributed by atoms with Crippen molar-refractivity contribution in [1.29, 1.82) is 0 Å². The van der Waals surface area contributed by atoms with E-state index < -0.39 is 0 Å². The zero-order chi connectivity index (χ0) is 11.4. The molecule has 0 aromatic carbocycles. The van der Waals surface area contributed by atoms with Crippen molar-refractivity contribution in [2.45, 2.75) is 19.9 Å². The molecule has 1 rings (SSSR count). The molecule has 0 spiro atoms. The smallest absolute Gasteiger partial charge is 0.133 e. The summed E-state index contributed by atoms with van der Waals surface area (Å²) in [5, 5.41) is 0.678. The van der Waals surface area contributed by atoms with Crippen LogP contribution in [0.5, 0.6) is 0 Å². The molecule has 1 unspecified atom stereocenters. The topological polar surface area (TPSA) is 47.1 Å². The van der Waals surface area contributed by atoms with Crippen molar-refractivity contribution in [3.8, 4) is 0 Å². The minimum absolute atomic E-state index is 0.119. The molecule has 0 saturated carbocycles. The normalized spacial score (nSPS) is 13.5. The molecule has 0 amide bonds. The second-order valence-electron chi connectivity index (χ2n) is 3.50. The van der Waals surface area contributed by atoms with Crippen LogP contribution in [-0.4, -0.2) is 34.1 Å². The Morgan fingerprint density at radius 3 is 2.47 bits per heavy atom. The van der Waals surface area contributed by atoms with Gasteiger partial charge in [-0.05, 0) is 13.1 Å². The van der Waals surface area contributed by atoms with E-state index >= 15 is 0 Å². The molecule has 0 aliphatic rings. The Morgan fingerprint density at radius 2 is 2.13 bits per heavy atom. The summed E-state index contributed by atoms with van der Waals surface area (Å²) in [7, 11) is 1.88. The van der Waals surface area contributed by atoms with Gasteiger partial charge in [0, 0.05) is 13.6 Å². The van der Waals surface area contributed by atoms with E-state index in [2.05, 4.69) is 23.7 Å². The number of rotatable bonds is 5. The van der Waals surface area contributed by atoms with Crippen LogP contribution in [-0.2, 0) is 7.05 Å². The number of hydrogen-bond donors (Lipinski definition) is 1. The molecule has 0 aliphatic heterocycles. The van der Waals surface area contributed by atoms with Crippen LogP contribution >= 0.6 is 11.6 Å². The van der Waals surface area contributed by atoms with E-state index in [1.165, 1.54) is 0 Å². The Labute approximate surface area is 96.0 Å². The van der Waals surface area contributed by atoms with Crippen molar-refractivity contribution >= 4 is 11.6 Å². The average molecular weight is 231 g/mol. The lowest BCUT2D eigenvalue weighted by atomic mass is 10.2. The van der Waals surface area contributed by atoms with Crippen LogP contribution in [0, 0.1) is 0 Å². The first-order chi connectivity index (χ1) is 7.15. The molecule has 0 aliphatic carbocycles. The van der Waals surface area contributed by atoms with Gasteiger partial charge in [-0.1, -0.05) is 25.4 Å². The van der Waals surface area contributed by atoms with E-state index in [0.717, 1.165) is 18.8 Å². The first-order valence-electron chi connectivity index (χ1n) is 5.26. The third-order valence-electron chi connectivity index (χ3n) is 2.68. The van der Waals surface area contributed by atoms with Crippen molar-refractivity contribution in [2.75, 3.05) is 19.6 Å². The summed E-state index contributed by atoms with van der Waals surface area (Å²) < 4.78 is 1.81. The second kappa shape index (κ2) is 5.49. The number of aryl methyl sites for hydroxylation is 1. The molecule has 0 saturated heterocycles. The molecule has 1 aromatic heterocycles. The molecular weight excluding hydrogens is 212 g/mol. The van der Waals surface area contributed by atoms with Crippen LogP contribution in [0.4, 0.5) is 0 Å². The SMILES string of the molecule is CCN(CC)C(CN)c1ncn(C)c1Cl. The largest absolute Gasteiger partial charge is 0.329 e. The third-order valence-corrected chi connectivity index (χ3v) is 3.14. The Bertz CT molecular complexity index is 306. The van der Waals surface area contributed by atoms with E-state index in [1.807, 2.05) is 11.6 Å². The lowest BCUT2D eigenvalue weighted by Gasteiger charge is -2.27. The van der Waals surface area contributed by atoms with Crippen LogP contribution in [0.15, 0.2) is 6.33 Å². The summed E-state index contributed by atoms with van der Waals surface area (Å²) in [4.78, 5) is 6.57. The number of halogens is 1. The van der Waals surface area contributed by atoms with Crippen LogP contribution in [0.2, 0.25) is 5.15 Å². The maximum absolute atomic E-state index is 6.16. The third kappa shape index (κ3) is 2.51. The molecule has 0 radical (unpaired) electrons. The van der Waals surface area contributed by atoms with Crippen LogP contribution in [0.3, 0.4) is 0 Å². The number of hydrogen-bond acceptors (Lipinski definition) is 3. The van der Waals surface area contributed by atoms with E-state index in [1.54, 1.807) is 6.33 Å². The predicted octanol–water partition coefficient (Wildman–Crippen LogP) is 1.42. The highest BCUT2D eigenvalue weighted by molar-refractivity contribution is 6.30. The molecule has 0 fully saturated rings. The maximum Gasteiger partial charge on any atom is 0.133 e. The first-order valence-corrected chi connectivity index (χ1v) is 5.64. The standard InChI is InChI=1S/C10H19ClN4/c1-4-15(5-2)8(6-12)9-10(11)14(3)7-13-9/h7-8H,4-6,12H2,1-3H3. The van der Waals surface area contributed by atoms with Gasteiger partial charge in [-0.15, -0.1) is 0 Å². The number of nitrogens with two attached hydrogens (primary N) is 1. The highest BCUT2D eigenvalue weighted by Crippen LogP contribution is 2.24. The predicted molar refractivity (Wildman–Crippen MR) is 62.9 cm³/mol. The average Bonchev–Trinajstić information content (AvgIpc) is 2.57. The summed E-state index contributed by atoms with van der Waals surface area (Å²) in [5.41, 5.74) is 6.67. The van der Waals surface area contributed by atoms with Gasteiger partial charge in [0.05, 0.1) is 18.1 Å². The van der Waals surface area contributed by atoms with Gasteiger partial charge in [0.1, 0.15) is 5.15 Å². The van der Waals surface area contributed by atoms with Crippen molar-refractivity contribution in [2.24, 2.45) is 12.8 Å². The first kappa shape index (κ1) is 12.5. The van der Waals surface area contributed by atoms with Gasteiger partial charge in [-0.2, -0.15) is 0 Å². The Morgan fingerprint density at radius 1 is 1.53 bits per heavy atom. The summed E-state index contributed by atoms with van der Waals surface area (Å²) in [5.74, 6) is 0. The van der Waals surface area contributed by atoms with E-state index in [0.29, 0.717) is 11.7 Å². The molecule has 2 N–H and O–H groups in total. The van der Waals surface area contributed by atoms with Crippen LogP contribution < -0.4 is 5.73 Å². The summed E-state index contributed by atoms with van der Waals surface area (Å²) >= 11 is 6.16. The molecule has 1 aromatic rings. The summed E-state index contributed by atoms with van der Waals surface area (Å²) in [6.07, 6.45) is 1.73. The van der Waals surface area contributed by atoms with Crippen molar-refractivity contribution < 1.29 is 0 Å². The lowest BCUT2D eigenvalue weighted by molar-refractivity contribution is 0.220. The number of nitrogens with zero attached hydrogens (tertiary/aromatic N) is 3. The van der Waals surface area contributed by atoms with Crippen LogP contribution in [0.1, 0.15) is 25.6 Å². The zero-order valence-electron chi connectivity index (χ0n) is 9.57. The van der Waals surface area contributed by atoms with E-state index in [9.17, 15) is 0 Å². The van der Waals surface area contributed by atoms with Gasteiger partial charge in [0.25, 0.3) is 0 Å².